The zero-order chi connectivity index (χ0) is 16.7. The Balaban J connectivity index is 1.67. The second kappa shape index (κ2) is 5.45. The summed E-state index contributed by atoms with van der Waals surface area (Å²) in [5.41, 5.74) is 8.39. The fraction of sp³-hybridized carbons (Fsp3) is 0.353. The zero-order valence-electron chi connectivity index (χ0n) is 13.7. The highest BCUT2D eigenvalue weighted by molar-refractivity contribution is 5.51. The number of aromatic nitrogens is 4. The van der Waals surface area contributed by atoms with E-state index in [0.29, 0.717) is 17.4 Å². The van der Waals surface area contributed by atoms with E-state index in [9.17, 15) is 0 Å². The SMILES string of the molecule is COc1ccc(C)cc1-n1ccc(-c2nc(C3(N)CCC3)no2)n1. The summed E-state index contributed by atoms with van der Waals surface area (Å²) in [6, 6.07) is 7.77. The van der Waals surface area contributed by atoms with Gasteiger partial charge in [-0.05, 0) is 49.9 Å². The standard InChI is InChI=1S/C17H19N5O2/c1-11-4-5-14(23-2)13(10-11)22-9-6-12(20-22)15-19-16(21-24-15)17(18)7-3-8-17/h4-6,9-10H,3,7-8,18H2,1-2H3. The molecule has 2 heterocycles. The monoisotopic (exact) mass is 325 g/mol. The van der Waals surface area contributed by atoms with Crippen LogP contribution in [0.4, 0.5) is 0 Å². The van der Waals surface area contributed by atoms with Crippen molar-refractivity contribution in [3.05, 3.63) is 41.9 Å². The van der Waals surface area contributed by atoms with Gasteiger partial charge in [0.15, 0.2) is 11.5 Å². The van der Waals surface area contributed by atoms with Gasteiger partial charge in [-0.15, -0.1) is 0 Å². The molecule has 0 unspecified atom stereocenters. The van der Waals surface area contributed by atoms with Crippen molar-refractivity contribution in [2.75, 3.05) is 7.11 Å². The number of hydrogen-bond acceptors (Lipinski definition) is 6. The van der Waals surface area contributed by atoms with E-state index in [1.54, 1.807) is 11.8 Å². The molecular weight excluding hydrogens is 306 g/mol. The van der Waals surface area contributed by atoms with Gasteiger partial charge in [0.2, 0.25) is 0 Å². The van der Waals surface area contributed by atoms with Crippen LogP contribution >= 0.6 is 0 Å². The van der Waals surface area contributed by atoms with E-state index >= 15 is 0 Å². The van der Waals surface area contributed by atoms with Crippen LogP contribution in [0.3, 0.4) is 0 Å². The van der Waals surface area contributed by atoms with E-state index in [0.717, 1.165) is 36.3 Å². The van der Waals surface area contributed by atoms with Crippen LogP contribution in [0.25, 0.3) is 17.3 Å². The third-order valence-electron chi connectivity index (χ3n) is 4.51. The maximum atomic E-state index is 6.24. The lowest BCUT2D eigenvalue weighted by Gasteiger charge is -2.34. The molecule has 0 bridgehead atoms. The van der Waals surface area contributed by atoms with Crippen molar-refractivity contribution in [3.63, 3.8) is 0 Å². The molecule has 0 spiro atoms. The molecular formula is C17H19N5O2. The largest absolute Gasteiger partial charge is 0.494 e. The summed E-state index contributed by atoms with van der Waals surface area (Å²) in [4.78, 5) is 4.43. The first-order chi connectivity index (χ1) is 11.6. The smallest absolute Gasteiger partial charge is 0.278 e. The molecule has 24 heavy (non-hydrogen) atoms. The topological polar surface area (TPSA) is 92.0 Å². The molecule has 0 radical (unpaired) electrons. The fourth-order valence-corrected chi connectivity index (χ4v) is 2.86. The van der Waals surface area contributed by atoms with Gasteiger partial charge in [-0.1, -0.05) is 11.2 Å². The molecule has 3 aromatic rings. The van der Waals surface area contributed by atoms with Crippen LogP contribution < -0.4 is 10.5 Å². The molecule has 0 aliphatic heterocycles. The van der Waals surface area contributed by atoms with Gasteiger partial charge >= 0.3 is 0 Å². The Hall–Kier alpha value is -2.67. The zero-order valence-corrected chi connectivity index (χ0v) is 13.7. The van der Waals surface area contributed by atoms with Crippen LogP contribution in [0.15, 0.2) is 35.0 Å². The summed E-state index contributed by atoms with van der Waals surface area (Å²) in [6.07, 6.45) is 4.72. The number of aryl methyl sites for hydroxylation is 1. The Kier molecular flexibility index (Phi) is 3.38. The minimum Gasteiger partial charge on any atom is -0.494 e. The van der Waals surface area contributed by atoms with E-state index in [1.807, 2.05) is 37.4 Å². The number of benzene rings is 1. The predicted molar refractivity (Wildman–Crippen MR) is 87.9 cm³/mol. The van der Waals surface area contributed by atoms with Crippen LogP contribution in [0, 0.1) is 6.92 Å². The molecule has 0 saturated heterocycles. The molecule has 0 amide bonds. The number of nitrogens with zero attached hydrogens (tertiary/aromatic N) is 4. The lowest BCUT2D eigenvalue weighted by atomic mass is 9.77. The van der Waals surface area contributed by atoms with Gasteiger partial charge in [0.05, 0.1) is 12.6 Å². The van der Waals surface area contributed by atoms with Crippen LogP contribution in [-0.2, 0) is 5.54 Å². The summed E-state index contributed by atoms with van der Waals surface area (Å²) < 4.78 is 12.5. The number of methoxy groups -OCH3 is 1. The number of rotatable bonds is 4. The maximum Gasteiger partial charge on any atom is 0.278 e. The normalized spacial score (nSPS) is 16.0. The van der Waals surface area contributed by atoms with Crippen molar-refractivity contribution in [1.82, 2.24) is 19.9 Å². The van der Waals surface area contributed by atoms with Crippen LogP contribution in [-0.4, -0.2) is 27.0 Å². The number of nitrogens with two attached hydrogens (primary N) is 1. The first-order valence-electron chi connectivity index (χ1n) is 7.93. The highest BCUT2D eigenvalue weighted by Crippen LogP contribution is 2.37. The minimum atomic E-state index is -0.440. The average Bonchev–Trinajstić information content (AvgIpc) is 3.21. The molecule has 0 atom stereocenters. The highest BCUT2D eigenvalue weighted by atomic mass is 16.5. The first-order valence-corrected chi connectivity index (χ1v) is 7.93. The molecule has 1 aromatic carbocycles. The molecule has 2 N–H and O–H groups in total. The van der Waals surface area contributed by atoms with E-state index < -0.39 is 5.54 Å². The summed E-state index contributed by atoms with van der Waals surface area (Å²) >= 11 is 0. The average molecular weight is 325 g/mol. The Bertz CT molecular complexity index is 879. The van der Waals surface area contributed by atoms with Gasteiger partial charge in [0, 0.05) is 6.20 Å². The minimum absolute atomic E-state index is 0.382. The lowest BCUT2D eigenvalue weighted by molar-refractivity contribution is 0.229. The van der Waals surface area contributed by atoms with E-state index in [-0.39, 0.29) is 0 Å². The number of hydrogen-bond donors (Lipinski definition) is 1. The van der Waals surface area contributed by atoms with Crippen molar-refractivity contribution in [1.29, 1.82) is 0 Å². The predicted octanol–water partition coefficient (Wildman–Crippen LogP) is 2.58. The third kappa shape index (κ3) is 2.37. The molecule has 2 aromatic heterocycles. The van der Waals surface area contributed by atoms with Crippen molar-refractivity contribution in [2.45, 2.75) is 31.7 Å². The molecule has 1 aliphatic rings. The summed E-state index contributed by atoms with van der Waals surface area (Å²) in [6.45, 7) is 2.02. The van der Waals surface area contributed by atoms with Gasteiger partial charge in [-0.3, -0.25) is 0 Å². The van der Waals surface area contributed by atoms with Crippen LogP contribution in [0.1, 0.15) is 30.7 Å². The Labute approximate surface area is 139 Å². The fourth-order valence-electron chi connectivity index (χ4n) is 2.86. The molecule has 7 heteroatoms. The molecule has 1 saturated carbocycles. The summed E-state index contributed by atoms with van der Waals surface area (Å²) in [5.74, 6) is 1.69. The van der Waals surface area contributed by atoms with Crippen molar-refractivity contribution < 1.29 is 9.26 Å². The maximum absolute atomic E-state index is 6.24. The third-order valence-corrected chi connectivity index (χ3v) is 4.51. The van der Waals surface area contributed by atoms with Gasteiger partial charge in [-0.2, -0.15) is 10.1 Å². The van der Waals surface area contributed by atoms with Crippen LogP contribution in [0.5, 0.6) is 5.75 Å². The summed E-state index contributed by atoms with van der Waals surface area (Å²) in [7, 11) is 1.64. The molecule has 1 fully saturated rings. The van der Waals surface area contributed by atoms with E-state index in [1.165, 1.54) is 0 Å². The van der Waals surface area contributed by atoms with Gasteiger partial charge < -0.3 is 15.0 Å². The quantitative estimate of drug-likeness (QED) is 0.792. The second-order valence-electron chi connectivity index (χ2n) is 6.25. The number of ether oxygens (including phenoxy) is 1. The van der Waals surface area contributed by atoms with E-state index in [2.05, 4.69) is 15.2 Å². The molecule has 124 valence electrons. The summed E-state index contributed by atoms with van der Waals surface area (Å²) in [5, 5.41) is 8.57. The Morgan fingerprint density at radius 1 is 1.29 bits per heavy atom. The van der Waals surface area contributed by atoms with Gasteiger partial charge in [-0.25, -0.2) is 4.68 Å². The van der Waals surface area contributed by atoms with Crippen LogP contribution in [0.2, 0.25) is 0 Å². The Morgan fingerprint density at radius 2 is 2.12 bits per heavy atom. The van der Waals surface area contributed by atoms with Crippen molar-refractivity contribution in [2.24, 2.45) is 5.73 Å². The second-order valence-corrected chi connectivity index (χ2v) is 6.25. The van der Waals surface area contributed by atoms with Gasteiger partial charge in [0.25, 0.3) is 5.89 Å². The molecule has 1 aliphatic carbocycles. The Morgan fingerprint density at radius 3 is 2.83 bits per heavy atom. The first kappa shape index (κ1) is 14.9. The lowest BCUT2D eigenvalue weighted by Crippen LogP contribution is -2.44. The van der Waals surface area contributed by atoms with E-state index in [4.69, 9.17) is 15.0 Å². The highest BCUT2D eigenvalue weighted by Gasteiger charge is 2.39. The van der Waals surface area contributed by atoms with Crippen molar-refractivity contribution >= 4 is 0 Å². The van der Waals surface area contributed by atoms with Crippen molar-refractivity contribution in [3.8, 4) is 23.0 Å². The van der Waals surface area contributed by atoms with Gasteiger partial charge in [0.1, 0.15) is 11.4 Å². The molecule has 7 nitrogen and oxygen atoms in total. The molecule has 4 rings (SSSR count).